The van der Waals surface area contributed by atoms with E-state index in [2.05, 4.69) is 5.32 Å². The second-order valence-corrected chi connectivity index (χ2v) is 6.27. The van der Waals surface area contributed by atoms with Gasteiger partial charge in [0.25, 0.3) is 0 Å². The van der Waals surface area contributed by atoms with Gasteiger partial charge in [-0.05, 0) is 6.92 Å². The van der Waals surface area contributed by atoms with Crippen molar-refractivity contribution in [3.05, 3.63) is 0 Å². The molecule has 5 nitrogen and oxygen atoms in total. The molecule has 0 saturated carbocycles. The van der Waals surface area contributed by atoms with Crippen LogP contribution in [0.3, 0.4) is 0 Å². The molecule has 0 aromatic heterocycles. The second kappa shape index (κ2) is 4.81. The standard InChI is InChI=1S/C10H18N2O3S/c1-10(7-11-8-10)15-6-9(13)12-2-4-16(14)5-3-12/h11H,2-8H2,1H3. The lowest BCUT2D eigenvalue weighted by Crippen LogP contribution is -2.60. The third-order valence-corrected chi connectivity index (χ3v) is 4.35. The molecule has 0 aromatic rings. The first-order chi connectivity index (χ1) is 7.59. The third kappa shape index (κ3) is 2.81. The summed E-state index contributed by atoms with van der Waals surface area (Å²) in [4.78, 5) is 13.5. The normalized spacial score (nSPS) is 25.2. The van der Waals surface area contributed by atoms with Crippen LogP contribution < -0.4 is 5.32 Å². The average molecular weight is 246 g/mol. The molecule has 0 aliphatic carbocycles. The van der Waals surface area contributed by atoms with Gasteiger partial charge in [-0.15, -0.1) is 0 Å². The lowest BCUT2D eigenvalue weighted by molar-refractivity contribution is -0.145. The first-order valence-corrected chi connectivity index (χ1v) is 7.05. The number of amides is 1. The van der Waals surface area contributed by atoms with Crippen molar-refractivity contribution >= 4 is 16.7 Å². The number of nitrogens with zero attached hydrogens (tertiary/aromatic N) is 1. The number of hydrogen-bond acceptors (Lipinski definition) is 4. The summed E-state index contributed by atoms with van der Waals surface area (Å²) in [5.74, 6) is 1.22. The molecule has 6 heteroatoms. The van der Waals surface area contributed by atoms with Crippen LogP contribution in [-0.4, -0.2) is 64.9 Å². The maximum Gasteiger partial charge on any atom is 0.248 e. The molecule has 1 N–H and O–H groups in total. The molecule has 2 aliphatic rings. The summed E-state index contributed by atoms with van der Waals surface area (Å²) in [6.07, 6.45) is 0. The van der Waals surface area contributed by atoms with Crippen LogP contribution in [0.1, 0.15) is 6.92 Å². The Morgan fingerprint density at radius 1 is 1.44 bits per heavy atom. The summed E-state index contributed by atoms with van der Waals surface area (Å²) in [6.45, 7) is 4.97. The predicted octanol–water partition coefficient (Wildman–Crippen LogP) is -1.04. The van der Waals surface area contributed by atoms with Crippen LogP contribution in [0.5, 0.6) is 0 Å². The van der Waals surface area contributed by atoms with Gasteiger partial charge in [0.05, 0.1) is 5.60 Å². The molecule has 0 bridgehead atoms. The van der Waals surface area contributed by atoms with Crippen molar-refractivity contribution in [3.63, 3.8) is 0 Å². The Bertz CT molecular complexity index is 294. The average Bonchev–Trinajstić information content (AvgIpc) is 2.24. The van der Waals surface area contributed by atoms with E-state index in [0.29, 0.717) is 24.6 Å². The number of hydrogen-bond donors (Lipinski definition) is 1. The van der Waals surface area contributed by atoms with Gasteiger partial charge in [-0.1, -0.05) is 0 Å². The lowest BCUT2D eigenvalue weighted by atomic mass is 10.0. The molecule has 2 fully saturated rings. The highest BCUT2D eigenvalue weighted by Crippen LogP contribution is 2.15. The molecule has 0 aromatic carbocycles. The Morgan fingerprint density at radius 2 is 2.06 bits per heavy atom. The molecule has 2 saturated heterocycles. The van der Waals surface area contributed by atoms with Crippen LogP contribution in [0.15, 0.2) is 0 Å². The molecule has 0 radical (unpaired) electrons. The van der Waals surface area contributed by atoms with Crippen molar-refractivity contribution in [2.24, 2.45) is 0 Å². The monoisotopic (exact) mass is 246 g/mol. The predicted molar refractivity (Wildman–Crippen MR) is 61.7 cm³/mol. The number of carbonyl (C=O) groups excluding carboxylic acids is 1. The molecule has 1 amide bonds. The van der Waals surface area contributed by atoms with E-state index in [4.69, 9.17) is 4.74 Å². The van der Waals surface area contributed by atoms with Crippen LogP contribution in [-0.2, 0) is 20.3 Å². The van der Waals surface area contributed by atoms with Gasteiger partial charge in [0.1, 0.15) is 6.61 Å². The topological polar surface area (TPSA) is 58.6 Å². The molecule has 2 aliphatic heterocycles. The fraction of sp³-hybridized carbons (Fsp3) is 0.900. The van der Waals surface area contributed by atoms with Gasteiger partial charge in [0.15, 0.2) is 0 Å². The zero-order valence-corrected chi connectivity index (χ0v) is 10.3. The molecule has 92 valence electrons. The van der Waals surface area contributed by atoms with Crippen molar-refractivity contribution in [3.8, 4) is 0 Å². The second-order valence-electron chi connectivity index (χ2n) is 4.57. The summed E-state index contributed by atoms with van der Waals surface area (Å²) in [7, 11) is -0.734. The van der Waals surface area contributed by atoms with Gasteiger partial charge < -0.3 is 15.0 Å². The van der Waals surface area contributed by atoms with Gasteiger partial charge in [-0.2, -0.15) is 0 Å². The highest BCUT2D eigenvalue weighted by molar-refractivity contribution is 7.85. The number of carbonyl (C=O) groups is 1. The van der Waals surface area contributed by atoms with E-state index in [0.717, 1.165) is 13.1 Å². The molecule has 2 heterocycles. The summed E-state index contributed by atoms with van der Waals surface area (Å²) < 4.78 is 16.7. The van der Waals surface area contributed by atoms with Crippen molar-refractivity contribution in [2.75, 3.05) is 44.3 Å². The van der Waals surface area contributed by atoms with E-state index >= 15 is 0 Å². The van der Waals surface area contributed by atoms with Gasteiger partial charge in [0, 0.05) is 48.5 Å². The largest absolute Gasteiger partial charge is 0.363 e. The maximum atomic E-state index is 11.8. The van der Waals surface area contributed by atoms with Crippen molar-refractivity contribution in [1.29, 1.82) is 0 Å². The molecule has 0 spiro atoms. The van der Waals surface area contributed by atoms with E-state index in [1.165, 1.54) is 0 Å². The maximum absolute atomic E-state index is 11.8. The Morgan fingerprint density at radius 3 is 2.56 bits per heavy atom. The Kier molecular flexibility index (Phi) is 3.61. The Balaban J connectivity index is 1.73. The lowest BCUT2D eigenvalue weighted by Gasteiger charge is -2.39. The van der Waals surface area contributed by atoms with Gasteiger partial charge in [-0.3, -0.25) is 9.00 Å². The van der Waals surface area contributed by atoms with E-state index in [9.17, 15) is 9.00 Å². The molecule has 2 rings (SSSR count). The van der Waals surface area contributed by atoms with Crippen molar-refractivity contribution in [2.45, 2.75) is 12.5 Å². The smallest absolute Gasteiger partial charge is 0.248 e. The van der Waals surface area contributed by atoms with Gasteiger partial charge >= 0.3 is 0 Å². The minimum absolute atomic E-state index is 0.0184. The number of nitrogens with one attached hydrogen (secondary N) is 1. The Hall–Kier alpha value is -0.460. The molecular formula is C10H18N2O3S. The van der Waals surface area contributed by atoms with Gasteiger partial charge in [-0.25, -0.2) is 0 Å². The summed E-state index contributed by atoms with van der Waals surface area (Å²) >= 11 is 0. The van der Waals surface area contributed by atoms with E-state index in [-0.39, 0.29) is 18.1 Å². The van der Waals surface area contributed by atoms with Crippen LogP contribution >= 0.6 is 0 Å². The summed E-state index contributed by atoms with van der Waals surface area (Å²) in [6, 6.07) is 0. The molecule has 0 atom stereocenters. The molecule has 0 unspecified atom stereocenters. The van der Waals surface area contributed by atoms with Crippen LogP contribution in [0.25, 0.3) is 0 Å². The van der Waals surface area contributed by atoms with Crippen LogP contribution in [0.2, 0.25) is 0 Å². The molecular weight excluding hydrogens is 228 g/mol. The highest BCUT2D eigenvalue weighted by Gasteiger charge is 2.33. The quantitative estimate of drug-likeness (QED) is 0.691. The van der Waals surface area contributed by atoms with Crippen LogP contribution in [0, 0.1) is 0 Å². The SMILES string of the molecule is CC1(OCC(=O)N2CCS(=O)CC2)CNC1. The minimum Gasteiger partial charge on any atom is -0.363 e. The molecule has 16 heavy (non-hydrogen) atoms. The Labute approximate surface area is 98.0 Å². The van der Waals surface area contributed by atoms with Crippen molar-refractivity contribution in [1.82, 2.24) is 10.2 Å². The summed E-state index contributed by atoms with van der Waals surface area (Å²) in [5.41, 5.74) is -0.172. The number of rotatable bonds is 3. The first kappa shape index (κ1) is 12.0. The fourth-order valence-corrected chi connectivity index (χ4v) is 2.85. The van der Waals surface area contributed by atoms with Crippen molar-refractivity contribution < 1.29 is 13.7 Å². The first-order valence-electron chi connectivity index (χ1n) is 5.56. The van der Waals surface area contributed by atoms with Gasteiger partial charge in [0.2, 0.25) is 5.91 Å². The summed E-state index contributed by atoms with van der Waals surface area (Å²) in [5, 5.41) is 3.12. The van der Waals surface area contributed by atoms with E-state index < -0.39 is 10.8 Å². The third-order valence-electron chi connectivity index (χ3n) is 3.07. The van der Waals surface area contributed by atoms with E-state index in [1.54, 1.807) is 4.90 Å². The number of ether oxygens (including phenoxy) is 1. The van der Waals surface area contributed by atoms with Crippen LogP contribution in [0.4, 0.5) is 0 Å². The zero-order chi connectivity index (χ0) is 11.6. The minimum atomic E-state index is -0.734. The highest BCUT2D eigenvalue weighted by atomic mass is 32.2. The van der Waals surface area contributed by atoms with E-state index in [1.807, 2.05) is 6.92 Å². The zero-order valence-electron chi connectivity index (χ0n) is 9.53. The fourth-order valence-electron chi connectivity index (χ4n) is 1.79.